The molecular formula is C50H80N4O63S7. The lowest BCUT2D eigenvalue weighted by Crippen LogP contribution is -2.71. The summed E-state index contributed by atoms with van der Waals surface area (Å²) in [5.74, 6) is -10.6. The number of rotatable bonds is 37. The van der Waals surface area contributed by atoms with E-state index in [2.05, 4.69) is 20.9 Å². The van der Waals surface area contributed by atoms with E-state index in [1.54, 1.807) is 0 Å². The Labute approximate surface area is 692 Å². The third-order valence-electron chi connectivity index (χ3n) is 18.7. The van der Waals surface area contributed by atoms with E-state index in [0.29, 0.717) is 6.92 Å². The first-order valence-corrected chi connectivity index (χ1v) is 43.7. The van der Waals surface area contributed by atoms with Crippen molar-refractivity contribution in [2.75, 3.05) is 26.4 Å². The normalized spacial score (nSPS) is 42.5. The number of nitrogens with one attached hydrogen (secondary N) is 3. The van der Waals surface area contributed by atoms with Crippen molar-refractivity contribution >= 4 is 102 Å². The van der Waals surface area contributed by atoms with Gasteiger partial charge in [-0.15, -0.1) is 0 Å². The number of carbonyl (C=O) groups is 5. The third-order valence-corrected chi connectivity index (χ3v) is 22.1. The molecule has 0 aliphatic carbocycles. The summed E-state index contributed by atoms with van der Waals surface area (Å²) < 4.78 is 347. The van der Waals surface area contributed by atoms with E-state index in [4.69, 9.17) is 76.8 Å². The molecule has 0 aromatic heterocycles. The first-order chi connectivity index (χ1) is 56.9. The summed E-state index contributed by atoms with van der Waals surface area (Å²) in [5.41, 5.74) is 5.75. The first-order valence-electron chi connectivity index (χ1n) is 34.0. The van der Waals surface area contributed by atoms with Gasteiger partial charge in [0.2, 0.25) is 5.91 Å². The number of aliphatic carboxylic acids is 4. The third kappa shape index (κ3) is 26.4. The highest BCUT2D eigenvalue weighted by Gasteiger charge is 2.64. The largest absolute Gasteiger partial charge is 0.479 e. The number of carbonyl (C=O) groups excluding carboxylic acids is 1. The molecule has 0 radical (unpaired) electrons. The molecule has 67 nitrogen and oxygen atoms in total. The molecule has 720 valence electrons. The van der Waals surface area contributed by atoms with Crippen LogP contribution in [0.25, 0.3) is 0 Å². The lowest BCUT2D eigenvalue weighted by Gasteiger charge is -2.51. The quantitative estimate of drug-likeness (QED) is 0.0257. The van der Waals surface area contributed by atoms with Crippen molar-refractivity contribution in [2.24, 2.45) is 5.73 Å². The van der Waals surface area contributed by atoms with Crippen LogP contribution in [0.2, 0.25) is 0 Å². The molecule has 74 heteroatoms. The zero-order chi connectivity index (χ0) is 93.6. The number of ether oxygens (including phenoxy) is 15. The van der Waals surface area contributed by atoms with Crippen LogP contribution in [0.5, 0.6) is 0 Å². The van der Waals surface area contributed by atoms with Crippen LogP contribution < -0.4 is 20.5 Å². The van der Waals surface area contributed by atoms with Gasteiger partial charge in [-0.2, -0.15) is 68.4 Å². The number of carboxylic acids is 4. The van der Waals surface area contributed by atoms with Crippen LogP contribution in [0, 0.1) is 0 Å². The summed E-state index contributed by atoms with van der Waals surface area (Å²) in [4.78, 5) is 64.2. The number of nitrogens with two attached hydrogens (primary N) is 1. The van der Waals surface area contributed by atoms with Gasteiger partial charge in [0.25, 0.3) is 0 Å². The Morgan fingerprint density at radius 2 is 0.605 bits per heavy atom. The summed E-state index contributed by atoms with van der Waals surface area (Å²) in [6.45, 7) is -5.85. The van der Waals surface area contributed by atoms with E-state index in [1.165, 1.54) is 9.44 Å². The van der Waals surface area contributed by atoms with Crippen molar-refractivity contribution < 1.29 is 294 Å². The van der Waals surface area contributed by atoms with Gasteiger partial charge in [-0.25, -0.2) is 40.1 Å². The van der Waals surface area contributed by atoms with Crippen molar-refractivity contribution in [1.29, 1.82) is 0 Å². The highest BCUT2D eigenvalue weighted by Crippen LogP contribution is 2.42. The highest BCUT2D eigenvalue weighted by atomic mass is 32.3. The Hall–Kier alpha value is -4.72. The number of aliphatic hydroxyl groups is 13. The average Bonchev–Trinajstić information content (AvgIpc) is 0.752. The molecule has 1 amide bonds. The van der Waals surface area contributed by atoms with Crippen molar-refractivity contribution in [1.82, 2.24) is 14.8 Å². The molecule has 40 atom stereocenters. The topological polar surface area (TPSA) is 1060 Å². The van der Waals surface area contributed by atoms with Gasteiger partial charge in [-0.1, -0.05) is 0 Å². The fourth-order valence-electron chi connectivity index (χ4n) is 13.5. The Kier molecular flexibility index (Phi) is 34.6. The van der Waals surface area contributed by atoms with E-state index in [-0.39, 0.29) is 0 Å². The zero-order valence-corrected chi connectivity index (χ0v) is 66.7. The van der Waals surface area contributed by atoms with E-state index in [1.807, 2.05) is 5.32 Å². The molecule has 8 fully saturated rings. The van der Waals surface area contributed by atoms with E-state index >= 15 is 0 Å². The van der Waals surface area contributed by atoms with Crippen LogP contribution in [-0.2, 0) is 189 Å². The van der Waals surface area contributed by atoms with Crippen LogP contribution in [0.15, 0.2) is 0 Å². The Morgan fingerprint density at radius 3 is 0.903 bits per heavy atom. The summed E-state index contributed by atoms with van der Waals surface area (Å²) >= 11 is 0. The Morgan fingerprint density at radius 1 is 0.315 bits per heavy atom. The molecule has 8 aliphatic heterocycles. The van der Waals surface area contributed by atoms with Gasteiger partial charge in [0.1, 0.15) is 146 Å². The smallest absolute Gasteiger partial charge is 0.397 e. The number of amides is 1. The molecular weight excluding hydrogens is 1890 g/mol. The van der Waals surface area contributed by atoms with Crippen LogP contribution >= 0.6 is 0 Å². The monoisotopic (exact) mass is 1970 g/mol. The number of hydrogen-bond acceptors (Lipinski definition) is 53. The second kappa shape index (κ2) is 41.0. The molecule has 8 heterocycles. The molecule has 0 spiro atoms. The second-order valence-electron chi connectivity index (χ2n) is 27.1. The van der Waals surface area contributed by atoms with Crippen LogP contribution in [0.3, 0.4) is 0 Å². The molecule has 0 unspecified atom stereocenters. The van der Waals surface area contributed by atoms with Crippen molar-refractivity contribution in [3.05, 3.63) is 0 Å². The van der Waals surface area contributed by atoms with Gasteiger partial charge in [-0.05, 0) is 0 Å². The molecule has 124 heavy (non-hydrogen) atoms. The van der Waals surface area contributed by atoms with Gasteiger partial charge in [0.15, 0.2) is 93.0 Å². The SMILES string of the molecule is CC(=O)N[C@H]1[C@@H](O[C@H]2[C@H](O)[C@@H](OS(=O)(=O)O)[C@H](O[C@H]3[C@H](O)[C@@H](NS(=O)(=O)O)[C@@H](O[C@H]4[C@H](O)[C@@H](OS(=O)(=O)O)[C@H](O[C@H]5[C@H](OS(=O)(=O)O)[C@@H](N)[C@@H](O)O[C@@H]5COS(=O)(=O)O)O[C@H]4C(=O)O)O[C@@H]3CO)O[C@H]2C(=O)O)O[C@H](CO)[C@@H](O[C@@H]2O[C@@H](C(=O)O)[C@@H](O[C@H]3O[C@H](CO)[C@@H](O[C@@H]4O[C@H](C(=O)O)[C@@H](O)[C@H](O)[C@@H]4O)[C@H](O)[C@H]3NS(=O)(=O)O)[C@H](O)[C@H]2OS(=O)(=O)O)[C@@H]1O. The predicted molar refractivity (Wildman–Crippen MR) is 357 cm³/mol. The molecule has 8 rings (SSSR count). The molecule has 0 saturated carbocycles. The number of aliphatic hydroxyl groups excluding tert-OH is 13. The van der Waals surface area contributed by atoms with Crippen LogP contribution in [0.1, 0.15) is 6.92 Å². The minimum absolute atomic E-state index is 0.630. The molecule has 8 aliphatic rings. The van der Waals surface area contributed by atoms with Gasteiger partial charge in [0.05, 0.1) is 32.5 Å². The lowest BCUT2D eigenvalue weighted by atomic mass is 9.93. The molecule has 0 aromatic carbocycles. The zero-order valence-electron chi connectivity index (χ0n) is 61.0. The van der Waals surface area contributed by atoms with Gasteiger partial charge in [-0.3, -0.25) is 36.7 Å². The maximum atomic E-state index is 13.3. The number of carboxylic acid groups (broad SMARTS) is 4. The van der Waals surface area contributed by atoms with Gasteiger partial charge < -0.3 is 169 Å². The van der Waals surface area contributed by atoms with E-state index in [0.717, 1.165) is 0 Å². The predicted octanol–water partition coefficient (Wildman–Crippen LogP) is -20.0. The molecule has 8 saturated heterocycles. The van der Waals surface area contributed by atoms with Crippen molar-refractivity contribution in [3.8, 4) is 0 Å². The van der Waals surface area contributed by atoms with Crippen LogP contribution in [0.4, 0.5) is 0 Å². The van der Waals surface area contributed by atoms with Crippen molar-refractivity contribution in [2.45, 2.75) is 252 Å². The number of hydrogen-bond donors (Lipinski definition) is 28. The van der Waals surface area contributed by atoms with E-state index < -0.39 is 374 Å². The minimum atomic E-state index is -6.21. The fraction of sp³-hybridized carbons (Fsp3) is 0.900. The Balaban J connectivity index is 1.06. The first kappa shape index (κ1) is 105. The fourth-order valence-corrected chi connectivity index (χ4v) is 17.0. The second-order valence-corrected chi connectivity index (χ2v) is 34.8. The lowest BCUT2D eigenvalue weighted by molar-refractivity contribution is -0.379. The summed E-state index contributed by atoms with van der Waals surface area (Å²) in [7, 11) is -41.6. The summed E-state index contributed by atoms with van der Waals surface area (Å²) in [6.07, 6.45) is -101. The maximum absolute atomic E-state index is 13.3. The standard InChI is InChI=1S/C50H80N4O63S7/c1-6(58)52-12-15(59)24(104-48-34(116-123(92,93)94)22(66)30(37(112-48)41(72)73)108-45-13(53-118(77,78)79)16(60)25(8(3-56)101-45)103-47-20(64)18(62)19(63)32(110-47)39(68)69)7(2-55)100-44(12)107-29-21(65)33(115-122(89,90)91)49(111-36(29)40(70)71)105-26-9(4-57)102-46(14(17(26)61)54-119(80,81)82)109-31-23(67)35(117-124(95,96)97)50(113-38(31)42(74)75)106-27-10(5-98-120(83,84)85)99-43(76)11(51)28(27)114-121(86,87)88/h7-38,43-50,53-57,59-67,76H,2-5,51H2,1H3,(H,52,58)(H,68,69)(H,70,71)(H,72,73)(H,74,75)(H,77,78,79)(H,80,81,82)(H,83,84,85)(H,86,87,88)(H,89,90,91)(H,92,93,94)(H,95,96,97)/t7-,8-,9-,10-,11-,12-,13-,14-,15-,16-,17-,18+,19+,20+,21+,22+,23+,24-,25-,26-,27-,28-,29+,30+,31+,32+,33-,34-,35-,36-,37-,38-,43+,44-,45-,46-,47-,48-,49-,50-/m1/s1. The summed E-state index contributed by atoms with van der Waals surface area (Å²) in [5, 5.41) is 188. The average molecular weight is 1970 g/mol. The Bertz CT molecular complexity index is 4560. The van der Waals surface area contributed by atoms with Crippen LogP contribution in [-0.4, -0.2) is 479 Å². The molecule has 0 bridgehead atoms. The maximum Gasteiger partial charge on any atom is 0.397 e. The highest BCUT2D eigenvalue weighted by molar-refractivity contribution is 7.84. The summed E-state index contributed by atoms with van der Waals surface area (Å²) in [6, 6.07) is -10.5. The van der Waals surface area contributed by atoms with E-state index in [9.17, 15) is 202 Å². The van der Waals surface area contributed by atoms with Gasteiger partial charge in [0, 0.05) is 6.92 Å². The molecule has 0 aromatic rings. The minimum Gasteiger partial charge on any atom is -0.479 e. The van der Waals surface area contributed by atoms with Crippen molar-refractivity contribution in [3.63, 3.8) is 0 Å². The van der Waals surface area contributed by atoms with Gasteiger partial charge >= 0.3 is 96.5 Å². The molecule has 29 N–H and O–H groups in total.